The number of fused-ring (bicyclic) bond motifs is 4. The molecule has 1 aliphatic carbocycles. The van der Waals surface area contributed by atoms with E-state index in [0.717, 1.165) is 59.5 Å². The zero-order valence-electron chi connectivity index (χ0n) is 46.0. The van der Waals surface area contributed by atoms with E-state index in [2.05, 4.69) is 196 Å². The van der Waals surface area contributed by atoms with E-state index in [9.17, 15) is 15.2 Å². The average Bonchev–Trinajstić information content (AvgIpc) is 4.08. The van der Waals surface area contributed by atoms with Crippen molar-refractivity contribution in [2.75, 3.05) is 4.90 Å². The minimum absolute atomic E-state index is 0.174. The number of hydrogen-bond donors (Lipinski definition) is 1. The van der Waals surface area contributed by atoms with Crippen molar-refractivity contribution in [3.63, 3.8) is 0 Å². The Morgan fingerprint density at radius 3 is 1.37 bits per heavy atom. The van der Waals surface area contributed by atoms with E-state index >= 15 is 0 Å². The second kappa shape index (κ2) is 24.4. The number of nitriles is 1. The van der Waals surface area contributed by atoms with Crippen LogP contribution in [-0.4, -0.2) is 11.1 Å². The quantitative estimate of drug-likeness (QED) is 0.0392. The van der Waals surface area contributed by atoms with Gasteiger partial charge in [-0.15, -0.1) is 0 Å². The summed E-state index contributed by atoms with van der Waals surface area (Å²) in [6, 6.07) is 68.3. The first kappa shape index (κ1) is 53.2. The maximum absolute atomic E-state index is 11.7. The Labute approximate surface area is 462 Å². The van der Waals surface area contributed by atoms with E-state index in [4.69, 9.17) is 4.42 Å². The van der Waals surface area contributed by atoms with Gasteiger partial charge < -0.3 is 14.4 Å². The lowest BCUT2D eigenvalue weighted by molar-refractivity contribution is -0.132. The van der Waals surface area contributed by atoms with Crippen LogP contribution in [0.2, 0.25) is 0 Å². The summed E-state index contributed by atoms with van der Waals surface area (Å²) in [6.45, 7) is 8.84. The van der Waals surface area contributed by atoms with E-state index < -0.39 is 5.97 Å². The summed E-state index contributed by atoms with van der Waals surface area (Å²) in [5, 5.41) is 19.9. The molecule has 9 aromatic rings. The van der Waals surface area contributed by atoms with Gasteiger partial charge in [-0.3, -0.25) is 0 Å². The topological polar surface area (TPSA) is 77.5 Å². The SMILES string of the molecule is CCCCCCCCC1(CCCCCCCC)c2cc(-c3ccc(N(c4ccc(-c5ccc(C)cc5)cc4)c4ccc(-c5ccc(C)cc5)cc4)cc3)ccc2-c2ccc(-c3cc4ccc(/C=C(/C#N)C(=O)O)cc4o3)cc21. The van der Waals surface area contributed by atoms with Gasteiger partial charge in [-0.2, -0.15) is 5.26 Å². The zero-order chi connectivity index (χ0) is 54.0. The molecule has 5 heteroatoms. The van der Waals surface area contributed by atoms with Crippen LogP contribution in [0.25, 0.3) is 72.9 Å². The zero-order valence-corrected chi connectivity index (χ0v) is 46.0. The van der Waals surface area contributed by atoms with Crippen molar-refractivity contribution in [3.05, 3.63) is 215 Å². The largest absolute Gasteiger partial charge is 0.477 e. The smallest absolute Gasteiger partial charge is 0.346 e. The van der Waals surface area contributed by atoms with E-state index in [-0.39, 0.29) is 11.0 Å². The predicted octanol–water partition coefficient (Wildman–Crippen LogP) is 20.9. The standard InChI is InChI=1S/C73H72N2O3/c1-5-7-9-11-13-15-43-73(44-16-14-12-10-8-6-2)68-47-59(33-41-66(68)67-42-34-60(48-69(67)73)71-49-61-26-21-53(46-70(61)78-71)45-62(50-74)72(76)77)58-31-39-65(40-32-58)75(63-35-27-56(28-36-63)54-22-17-51(3)18-23-54)64-37-29-57(30-38-64)55-24-19-52(4)20-25-55/h17-42,45-49H,5-16,43-44H2,1-4H3,(H,76,77)/b62-45-. The fourth-order valence-electron chi connectivity index (χ4n) is 11.8. The summed E-state index contributed by atoms with van der Waals surface area (Å²) in [4.78, 5) is 14.0. The van der Waals surface area contributed by atoms with E-state index in [0.29, 0.717) is 11.1 Å². The van der Waals surface area contributed by atoms with Crippen molar-refractivity contribution in [1.29, 1.82) is 5.26 Å². The molecule has 1 N–H and O–H groups in total. The number of anilines is 3. The molecule has 0 aliphatic heterocycles. The molecular formula is C73H72N2O3. The molecule has 1 aromatic heterocycles. The molecule has 5 nitrogen and oxygen atoms in total. The number of carbonyl (C=O) groups is 1. The number of carboxylic acid groups (broad SMARTS) is 1. The van der Waals surface area contributed by atoms with Crippen LogP contribution in [-0.2, 0) is 10.2 Å². The monoisotopic (exact) mass is 1020 g/mol. The molecule has 0 radical (unpaired) electrons. The molecule has 10 rings (SSSR count). The van der Waals surface area contributed by atoms with Gasteiger partial charge in [-0.25, -0.2) is 4.79 Å². The maximum atomic E-state index is 11.7. The normalized spacial score (nSPS) is 12.6. The molecule has 0 saturated heterocycles. The summed E-state index contributed by atoms with van der Waals surface area (Å²) < 4.78 is 6.60. The Hall–Kier alpha value is -8.20. The lowest BCUT2D eigenvalue weighted by Crippen LogP contribution is -2.25. The van der Waals surface area contributed by atoms with Gasteiger partial charge in [0.1, 0.15) is 23.0 Å². The number of furan rings is 1. The molecule has 0 spiro atoms. The van der Waals surface area contributed by atoms with Gasteiger partial charge in [0.05, 0.1) is 0 Å². The first-order valence-electron chi connectivity index (χ1n) is 28.6. The van der Waals surface area contributed by atoms with Gasteiger partial charge >= 0.3 is 5.97 Å². The fourth-order valence-corrected chi connectivity index (χ4v) is 11.8. The van der Waals surface area contributed by atoms with Crippen molar-refractivity contribution < 1.29 is 14.3 Å². The van der Waals surface area contributed by atoms with E-state index in [1.165, 1.54) is 137 Å². The van der Waals surface area contributed by atoms with Crippen LogP contribution in [0.3, 0.4) is 0 Å². The second-order valence-corrected chi connectivity index (χ2v) is 21.7. The second-order valence-electron chi connectivity index (χ2n) is 21.7. The molecular weight excluding hydrogens is 953 g/mol. The Kier molecular flexibility index (Phi) is 16.7. The summed E-state index contributed by atoms with van der Waals surface area (Å²) in [7, 11) is 0. The minimum Gasteiger partial charge on any atom is -0.477 e. The van der Waals surface area contributed by atoms with Crippen LogP contribution in [0.1, 0.15) is 132 Å². The fraction of sp³-hybridized carbons (Fsp3) is 0.260. The molecule has 0 amide bonds. The summed E-state index contributed by atoms with van der Waals surface area (Å²) in [5.74, 6) is -0.474. The average molecular weight is 1030 g/mol. The molecule has 1 aliphatic rings. The van der Waals surface area contributed by atoms with Gasteiger partial charge in [0, 0.05) is 33.4 Å². The van der Waals surface area contributed by atoms with Crippen LogP contribution in [0, 0.1) is 25.2 Å². The van der Waals surface area contributed by atoms with Crippen LogP contribution >= 0.6 is 0 Å². The van der Waals surface area contributed by atoms with E-state index in [1.54, 1.807) is 6.07 Å². The van der Waals surface area contributed by atoms with Crippen molar-refractivity contribution in [2.24, 2.45) is 0 Å². The number of hydrogen-bond acceptors (Lipinski definition) is 4. The number of carboxylic acids is 1. The van der Waals surface area contributed by atoms with Gasteiger partial charge in [0.2, 0.25) is 0 Å². The Balaban J connectivity index is 1.02. The number of nitrogens with zero attached hydrogens (tertiary/aromatic N) is 2. The molecule has 0 fully saturated rings. The highest BCUT2D eigenvalue weighted by atomic mass is 16.4. The molecule has 0 saturated carbocycles. The van der Waals surface area contributed by atoms with Gasteiger partial charge in [0.15, 0.2) is 0 Å². The third-order valence-electron chi connectivity index (χ3n) is 16.2. The van der Waals surface area contributed by atoms with Crippen LogP contribution < -0.4 is 4.90 Å². The molecule has 0 atom stereocenters. The molecule has 8 aromatic carbocycles. The number of rotatable bonds is 23. The number of benzene rings is 8. The third-order valence-corrected chi connectivity index (χ3v) is 16.2. The number of aliphatic carboxylic acids is 1. The van der Waals surface area contributed by atoms with Crippen molar-refractivity contribution in [2.45, 2.75) is 123 Å². The van der Waals surface area contributed by atoms with Crippen molar-refractivity contribution in [3.8, 4) is 61.9 Å². The molecule has 0 unspecified atom stereocenters. The van der Waals surface area contributed by atoms with Gasteiger partial charge in [-0.1, -0.05) is 223 Å². The third kappa shape index (κ3) is 11.7. The molecule has 78 heavy (non-hydrogen) atoms. The minimum atomic E-state index is -1.25. The summed E-state index contributed by atoms with van der Waals surface area (Å²) in [5.41, 5.74) is 20.3. The summed E-state index contributed by atoms with van der Waals surface area (Å²) >= 11 is 0. The van der Waals surface area contributed by atoms with Gasteiger partial charge in [-0.05, 0) is 155 Å². The lowest BCUT2D eigenvalue weighted by atomic mass is 9.70. The highest BCUT2D eigenvalue weighted by Crippen LogP contribution is 2.56. The predicted molar refractivity (Wildman–Crippen MR) is 326 cm³/mol. The molecule has 392 valence electrons. The van der Waals surface area contributed by atoms with Crippen molar-refractivity contribution in [1.82, 2.24) is 0 Å². The lowest BCUT2D eigenvalue weighted by Gasteiger charge is -2.33. The first-order chi connectivity index (χ1) is 38.1. The first-order valence-corrected chi connectivity index (χ1v) is 28.6. The van der Waals surface area contributed by atoms with Crippen LogP contribution in [0.4, 0.5) is 17.1 Å². The maximum Gasteiger partial charge on any atom is 0.346 e. The van der Waals surface area contributed by atoms with E-state index in [1.807, 2.05) is 18.2 Å². The highest BCUT2D eigenvalue weighted by molar-refractivity contribution is 5.97. The number of aryl methyl sites for hydroxylation is 2. The molecule has 1 heterocycles. The Bertz CT molecular complexity index is 3470. The van der Waals surface area contributed by atoms with Crippen molar-refractivity contribution >= 4 is 40.1 Å². The van der Waals surface area contributed by atoms with Crippen LogP contribution in [0.15, 0.2) is 192 Å². The van der Waals surface area contributed by atoms with Crippen LogP contribution in [0.5, 0.6) is 0 Å². The Morgan fingerprint density at radius 1 is 0.500 bits per heavy atom. The Morgan fingerprint density at radius 2 is 0.910 bits per heavy atom. The number of unbranched alkanes of at least 4 members (excludes halogenated alkanes) is 10. The van der Waals surface area contributed by atoms with Gasteiger partial charge in [0.25, 0.3) is 0 Å². The molecule has 0 bridgehead atoms. The summed E-state index contributed by atoms with van der Waals surface area (Å²) in [6.07, 6.45) is 18.5. The highest BCUT2D eigenvalue weighted by Gasteiger charge is 2.43.